The maximum Gasteiger partial charge on any atom is 0.278 e. The van der Waals surface area contributed by atoms with Crippen molar-refractivity contribution in [2.75, 3.05) is 0 Å². The van der Waals surface area contributed by atoms with Gasteiger partial charge in [0.15, 0.2) is 0 Å². The second-order valence-electron chi connectivity index (χ2n) is 4.96. The zero-order valence-corrected chi connectivity index (χ0v) is 13.8. The molecular formula is C18H11Cl2NO3. The fraction of sp³-hybridized carbons (Fsp3) is 0. The van der Waals surface area contributed by atoms with Gasteiger partial charge in [0.1, 0.15) is 11.5 Å². The lowest BCUT2D eigenvalue weighted by atomic mass is 10.0. The maximum absolute atomic E-state index is 11.3. The minimum Gasteiger partial charge on any atom is -0.457 e. The quantitative estimate of drug-likeness (QED) is 0.402. The Morgan fingerprint density at radius 3 is 2.29 bits per heavy atom. The highest BCUT2D eigenvalue weighted by Gasteiger charge is 2.21. The molecular weight excluding hydrogens is 349 g/mol. The highest BCUT2D eigenvalue weighted by Crippen LogP contribution is 2.41. The Hall–Kier alpha value is -2.56. The summed E-state index contributed by atoms with van der Waals surface area (Å²) in [6, 6.07) is 18.9. The zero-order valence-electron chi connectivity index (χ0n) is 12.3. The van der Waals surface area contributed by atoms with Crippen molar-refractivity contribution in [2.24, 2.45) is 0 Å². The summed E-state index contributed by atoms with van der Waals surface area (Å²) in [6.07, 6.45) is 0. The average molecular weight is 360 g/mol. The van der Waals surface area contributed by atoms with Crippen LogP contribution in [0.3, 0.4) is 0 Å². The molecule has 6 heteroatoms. The third-order valence-electron chi connectivity index (χ3n) is 3.37. The van der Waals surface area contributed by atoms with Gasteiger partial charge in [-0.05, 0) is 35.9 Å². The number of rotatable bonds is 4. The van der Waals surface area contributed by atoms with Crippen LogP contribution in [-0.2, 0) is 0 Å². The molecule has 0 aliphatic rings. The fourth-order valence-electron chi connectivity index (χ4n) is 2.31. The smallest absolute Gasteiger partial charge is 0.278 e. The van der Waals surface area contributed by atoms with Gasteiger partial charge in [0.2, 0.25) is 0 Å². The second kappa shape index (κ2) is 6.91. The van der Waals surface area contributed by atoms with Crippen molar-refractivity contribution in [3.63, 3.8) is 0 Å². The van der Waals surface area contributed by atoms with E-state index in [1.54, 1.807) is 24.3 Å². The molecule has 3 aromatic rings. The molecule has 0 amide bonds. The van der Waals surface area contributed by atoms with Crippen molar-refractivity contribution in [3.8, 4) is 22.6 Å². The normalized spacial score (nSPS) is 10.4. The van der Waals surface area contributed by atoms with Crippen molar-refractivity contribution in [1.82, 2.24) is 0 Å². The monoisotopic (exact) mass is 359 g/mol. The van der Waals surface area contributed by atoms with E-state index in [0.29, 0.717) is 17.1 Å². The Morgan fingerprint density at radius 2 is 1.58 bits per heavy atom. The third kappa shape index (κ3) is 3.35. The van der Waals surface area contributed by atoms with Gasteiger partial charge in [0, 0.05) is 6.07 Å². The first kappa shape index (κ1) is 16.3. The van der Waals surface area contributed by atoms with Crippen LogP contribution in [-0.4, -0.2) is 4.92 Å². The average Bonchev–Trinajstić information content (AvgIpc) is 2.58. The van der Waals surface area contributed by atoms with E-state index in [4.69, 9.17) is 27.9 Å². The molecule has 0 fully saturated rings. The molecule has 3 rings (SSSR count). The second-order valence-corrected chi connectivity index (χ2v) is 5.74. The summed E-state index contributed by atoms with van der Waals surface area (Å²) in [7, 11) is 0. The highest BCUT2D eigenvalue weighted by molar-refractivity contribution is 6.44. The van der Waals surface area contributed by atoms with Crippen molar-refractivity contribution in [3.05, 3.63) is 86.9 Å². The van der Waals surface area contributed by atoms with Gasteiger partial charge in [-0.15, -0.1) is 0 Å². The molecule has 0 spiro atoms. The van der Waals surface area contributed by atoms with Gasteiger partial charge in [0.25, 0.3) is 5.69 Å². The molecule has 0 heterocycles. The molecule has 24 heavy (non-hydrogen) atoms. The summed E-state index contributed by atoms with van der Waals surface area (Å²) in [5.41, 5.74) is 0.719. The first-order valence-corrected chi connectivity index (χ1v) is 7.77. The predicted octanol–water partition coefficient (Wildman–Crippen LogP) is 6.36. The molecule has 0 aliphatic carbocycles. The number of ether oxygens (including phenoxy) is 1. The van der Waals surface area contributed by atoms with Crippen molar-refractivity contribution in [2.45, 2.75) is 0 Å². The van der Waals surface area contributed by atoms with Crippen LogP contribution in [0.5, 0.6) is 11.5 Å². The summed E-state index contributed by atoms with van der Waals surface area (Å²) < 4.78 is 5.77. The van der Waals surface area contributed by atoms with E-state index in [2.05, 4.69) is 0 Å². The van der Waals surface area contributed by atoms with Gasteiger partial charge in [0.05, 0.1) is 20.5 Å². The molecule has 0 N–H and O–H groups in total. The topological polar surface area (TPSA) is 52.4 Å². The number of para-hydroxylation sites is 1. The van der Waals surface area contributed by atoms with Crippen LogP contribution in [0.4, 0.5) is 5.69 Å². The van der Waals surface area contributed by atoms with Gasteiger partial charge >= 0.3 is 0 Å². The van der Waals surface area contributed by atoms with Crippen LogP contribution in [0.2, 0.25) is 10.0 Å². The minimum absolute atomic E-state index is 0.110. The number of hydrogen-bond donors (Lipinski definition) is 0. The predicted molar refractivity (Wildman–Crippen MR) is 95.1 cm³/mol. The lowest BCUT2D eigenvalue weighted by molar-refractivity contribution is -0.384. The first-order valence-electron chi connectivity index (χ1n) is 7.02. The van der Waals surface area contributed by atoms with Gasteiger partial charge in [-0.1, -0.05) is 53.5 Å². The molecule has 0 aromatic heterocycles. The van der Waals surface area contributed by atoms with Crippen molar-refractivity contribution >= 4 is 28.9 Å². The van der Waals surface area contributed by atoms with E-state index < -0.39 is 4.92 Å². The molecule has 3 aromatic carbocycles. The highest BCUT2D eigenvalue weighted by atomic mass is 35.5. The first-order chi connectivity index (χ1) is 11.6. The third-order valence-corrected chi connectivity index (χ3v) is 4.18. The molecule has 0 unspecified atom stereocenters. The van der Waals surface area contributed by atoms with Crippen LogP contribution in [0, 0.1) is 10.1 Å². The van der Waals surface area contributed by atoms with Gasteiger partial charge in [-0.25, -0.2) is 0 Å². The molecule has 120 valence electrons. The number of benzene rings is 3. The maximum atomic E-state index is 11.3. The summed E-state index contributed by atoms with van der Waals surface area (Å²) in [5, 5.41) is 11.7. The van der Waals surface area contributed by atoms with Crippen LogP contribution in [0.1, 0.15) is 0 Å². The van der Waals surface area contributed by atoms with Crippen molar-refractivity contribution in [1.29, 1.82) is 0 Å². The Morgan fingerprint density at radius 1 is 0.875 bits per heavy atom. The summed E-state index contributed by atoms with van der Waals surface area (Å²) >= 11 is 12.2. The Bertz CT molecular complexity index is 898. The number of hydrogen-bond acceptors (Lipinski definition) is 3. The van der Waals surface area contributed by atoms with Crippen LogP contribution in [0.15, 0.2) is 66.7 Å². The number of nitrogens with zero attached hydrogens (tertiary/aromatic N) is 1. The summed E-state index contributed by atoms with van der Waals surface area (Å²) in [6.45, 7) is 0. The zero-order chi connectivity index (χ0) is 17.1. The molecule has 0 bridgehead atoms. The molecule has 0 aliphatic heterocycles. The van der Waals surface area contributed by atoms with Crippen molar-refractivity contribution < 1.29 is 9.66 Å². The Kier molecular flexibility index (Phi) is 4.69. The molecule has 0 atom stereocenters. The van der Waals surface area contributed by atoms with Crippen LogP contribution >= 0.6 is 23.2 Å². The largest absolute Gasteiger partial charge is 0.457 e. The van der Waals surface area contributed by atoms with Gasteiger partial charge < -0.3 is 4.74 Å². The van der Waals surface area contributed by atoms with Crippen LogP contribution in [0.25, 0.3) is 11.1 Å². The van der Waals surface area contributed by atoms with Gasteiger partial charge in [-0.2, -0.15) is 0 Å². The van der Waals surface area contributed by atoms with Crippen LogP contribution < -0.4 is 4.74 Å². The van der Waals surface area contributed by atoms with E-state index >= 15 is 0 Å². The van der Waals surface area contributed by atoms with E-state index in [1.807, 2.05) is 30.3 Å². The SMILES string of the molecule is O=[N+]([O-])c1ccc(Cl)c(Cl)c1-c1cccc(Oc2ccccc2)c1. The standard InChI is InChI=1S/C18H11Cl2NO3/c19-15-9-10-16(21(22)23)17(18(15)20)12-5-4-8-14(11-12)24-13-6-2-1-3-7-13/h1-11H. The lowest BCUT2D eigenvalue weighted by Crippen LogP contribution is -1.94. The van der Waals surface area contributed by atoms with E-state index in [-0.39, 0.29) is 21.3 Å². The number of nitro groups is 1. The molecule has 0 saturated heterocycles. The van der Waals surface area contributed by atoms with Gasteiger partial charge in [-0.3, -0.25) is 10.1 Å². The Balaban J connectivity index is 2.06. The number of halogens is 2. The minimum atomic E-state index is -0.484. The van der Waals surface area contributed by atoms with E-state index in [0.717, 1.165) is 0 Å². The molecule has 4 nitrogen and oxygen atoms in total. The molecule has 0 radical (unpaired) electrons. The lowest BCUT2D eigenvalue weighted by Gasteiger charge is -2.10. The summed E-state index contributed by atoms with van der Waals surface area (Å²) in [5.74, 6) is 1.21. The molecule has 0 saturated carbocycles. The van der Waals surface area contributed by atoms with E-state index in [9.17, 15) is 10.1 Å². The number of nitro benzene ring substituents is 1. The fourth-order valence-corrected chi connectivity index (χ4v) is 2.73. The Labute approximate surface area is 148 Å². The van der Waals surface area contributed by atoms with E-state index in [1.165, 1.54) is 12.1 Å². The summed E-state index contributed by atoms with van der Waals surface area (Å²) in [4.78, 5) is 10.8.